The molecular weight excluding hydrogens is 152 g/mol. The first-order chi connectivity index (χ1) is 6.00. The Morgan fingerprint density at radius 3 is 0.750 bits per heavy atom. The van der Waals surface area contributed by atoms with Gasteiger partial charge in [0.05, 0.1) is 0 Å². The molecule has 0 aliphatic carbocycles. The van der Waals surface area contributed by atoms with E-state index in [-0.39, 0.29) is 5.71 Å². The minimum Gasteiger partial charge on any atom is -0.314 e. The van der Waals surface area contributed by atoms with Crippen molar-refractivity contribution in [1.29, 1.82) is 0 Å². The molecular formula is C8H28N4. The van der Waals surface area contributed by atoms with Crippen molar-refractivity contribution in [2.75, 3.05) is 52.4 Å². The van der Waals surface area contributed by atoms with Gasteiger partial charge in [-0.05, 0) is 0 Å². The monoisotopic (exact) mass is 180 g/mol. The van der Waals surface area contributed by atoms with Crippen LogP contribution in [0.5, 0.6) is 0 Å². The number of hydrogen-bond acceptors (Lipinski definition) is 4. The highest BCUT2D eigenvalue weighted by Gasteiger charge is 1.92. The number of hydrogen-bond donors (Lipinski definition) is 4. The fraction of sp³-hybridized carbons (Fsp3) is 1.00. The van der Waals surface area contributed by atoms with Crippen molar-refractivity contribution in [1.82, 2.24) is 21.3 Å². The van der Waals surface area contributed by atoms with Crippen LogP contribution in [0.25, 0.3) is 0 Å². The van der Waals surface area contributed by atoms with E-state index in [0.29, 0.717) is 0 Å². The zero-order chi connectivity index (χ0) is 8.49. The Bertz CT molecular complexity index is 67.0. The van der Waals surface area contributed by atoms with Gasteiger partial charge in [0.2, 0.25) is 0 Å². The third-order valence-corrected chi connectivity index (χ3v) is 1.91. The first-order valence-corrected chi connectivity index (χ1v) is 4.83. The Morgan fingerprint density at radius 1 is 0.417 bits per heavy atom. The molecule has 1 heterocycles. The summed E-state index contributed by atoms with van der Waals surface area (Å²) < 4.78 is 0. The van der Waals surface area contributed by atoms with Gasteiger partial charge < -0.3 is 21.3 Å². The fourth-order valence-corrected chi connectivity index (χ4v) is 1.21. The van der Waals surface area contributed by atoms with Crippen LogP contribution in [0.15, 0.2) is 0 Å². The molecule has 0 spiro atoms. The predicted molar refractivity (Wildman–Crippen MR) is 59.9 cm³/mol. The van der Waals surface area contributed by atoms with Crippen LogP contribution in [0, 0.1) is 0 Å². The molecule has 1 aliphatic rings. The molecule has 1 aliphatic heterocycles. The zero-order valence-electron chi connectivity index (χ0n) is 7.66. The molecule has 12 heavy (non-hydrogen) atoms. The van der Waals surface area contributed by atoms with Crippen molar-refractivity contribution in [3.05, 3.63) is 0 Å². The molecule has 1 rings (SSSR count). The van der Waals surface area contributed by atoms with Crippen LogP contribution in [0.4, 0.5) is 0 Å². The van der Waals surface area contributed by atoms with Crippen LogP contribution >= 0.6 is 0 Å². The molecule has 4 nitrogen and oxygen atoms in total. The quantitative estimate of drug-likeness (QED) is 0.400. The van der Waals surface area contributed by atoms with Crippen molar-refractivity contribution >= 4 is 0 Å². The lowest BCUT2D eigenvalue weighted by Gasteiger charge is -2.11. The summed E-state index contributed by atoms with van der Waals surface area (Å²) in [6.07, 6.45) is 0. The van der Waals surface area contributed by atoms with Gasteiger partial charge in [-0.1, -0.05) is 0 Å². The lowest BCUT2D eigenvalue weighted by molar-refractivity contribution is 0.534. The van der Waals surface area contributed by atoms with Gasteiger partial charge in [-0.15, -0.1) is 0 Å². The molecule has 0 aromatic heterocycles. The molecule has 0 atom stereocenters. The molecule has 4 N–H and O–H groups in total. The van der Waals surface area contributed by atoms with E-state index in [4.69, 9.17) is 0 Å². The van der Waals surface area contributed by atoms with Crippen LogP contribution in [0.2, 0.25) is 0 Å². The van der Waals surface area contributed by atoms with Crippen LogP contribution in [0.3, 0.4) is 0 Å². The van der Waals surface area contributed by atoms with Crippen molar-refractivity contribution in [2.24, 2.45) is 0 Å². The standard InChI is InChI=1S/C8H20N4.4H2/c1-2-10-5-6-12-8-7-11-4-3-9-1;;;;/h9-12H,1-8H2;4*1H. The topological polar surface area (TPSA) is 48.1 Å². The highest BCUT2D eigenvalue weighted by Crippen LogP contribution is 1.65. The SMILES string of the molecule is C1CNCCNCCNCCN1.[HH].[HH].[HH].[HH]. The van der Waals surface area contributed by atoms with Gasteiger partial charge in [-0.2, -0.15) is 0 Å². The molecule has 0 aromatic rings. The summed E-state index contributed by atoms with van der Waals surface area (Å²) in [5.74, 6) is 0. The summed E-state index contributed by atoms with van der Waals surface area (Å²) >= 11 is 0. The molecule has 0 amide bonds. The van der Waals surface area contributed by atoms with Gasteiger partial charge in [0, 0.05) is 58.1 Å². The summed E-state index contributed by atoms with van der Waals surface area (Å²) in [5.41, 5.74) is 0. The average Bonchev–Trinajstić information content (AvgIpc) is 2.05. The molecule has 0 radical (unpaired) electrons. The third kappa shape index (κ3) is 5.49. The van der Waals surface area contributed by atoms with Crippen LogP contribution < -0.4 is 21.3 Å². The average molecular weight is 180 g/mol. The number of rotatable bonds is 0. The van der Waals surface area contributed by atoms with Crippen LogP contribution in [-0.2, 0) is 0 Å². The Morgan fingerprint density at radius 2 is 0.583 bits per heavy atom. The normalized spacial score (nSPS) is 24.0. The lowest BCUT2D eigenvalue weighted by atomic mass is 10.4. The summed E-state index contributed by atoms with van der Waals surface area (Å²) in [6.45, 7) is 8.57. The summed E-state index contributed by atoms with van der Waals surface area (Å²) in [5, 5.41) is 13.4. The zero-order valence-corrected chi connectivity index (χ0v) is 7.66. The maximum atomic E-state index is 3.36. The van der Waals surface area contributed by atoms with Crippen molar-refractivity contribution in [3.8, 4) is 0 Å². The molecule has 4 heteroatoms. The highest BCUT2D eigenvalue weighted by molar-refractivity contribution is 4.59. The summed E-state index contributed by atoms with van der Waals surface area (Å²) in [4.78, 5) is 0. The predicted octanol–water partition coefficient (Wildman–Crippen LogP) is -0.658. The molecule has 0 unspecified atom stereocenters. The molecule has 80 valence electrons. The maximum Gasteiger partial charge on any atom is 0.00772 e. The number of nitrogens with one attached hydrogen (secondary N) is 4. The van der Waals surface area contributed by atoms with Crippen molar-refractivity contribution in [2.45, 2.75) is 0 Å². The van der Waals surface area contributed by atoms with Crippen molar-refractivity contribution < 1.29 is 5.71 Å². The van der Waals surface area contributed by atoms with E-state index < -0.39 is 0 Å². The van der Waals surface area contributed by atoms with Gasteiger partial charge in [-0.3, -0.25) is 0 Å². The van der Waals surface area contributed by atoms with Gasteiger partial charge >= 0.3 is 0 Å². The van der Waals surface area contributed by atoms with Gasteiger partial charge in [0.15, 0.2) is 0 Å². The summed E-state index contributed by atoms with van der Waals surface area (Å²) in [7, 11) is 0. The largest absolute Gasteiger partial charge is 0.314 e. The second-order valence-electron chi connectivity index (χ2n) is 3.00. The first kappa shape index (κ1) is 9.92. The van der Waals surface area contributed by atoms with E-state index in [2.05, 4.69) is 21.3 Å². The van der Waals surface area contributed by atoms with E-state index in [9.17, 15) is 0 Å². The first-order valence-electron chi connectivity index (χ1n) is 4.83. The van der Waals surface area contributed by atoms with E-state index >= 15 is 0 Å². The van der Waals surface area contributed by atoms with Crippen LogP contribution in [0.1, 0.15) is 5.71 Å². The minimum absolute atomic E-state index is 0. The second-order valence-corrected chi connectivity index (χ2v) is 3.00. The van der Waals surface area contributed by atoms with Gasteiger partial charge in [0.25, 0.3) is 0 Å². The Hall–Kier alpha value is -0.160. The highest BCUT2D eigenvalue weighted by atomic mass is 15.0. The van der Waals surface area contributed by atoms with E-state index in [1.54, 1.807) is 0 Å². The molecule has 0 aromatic carbocycles. The molecule has 0 saturated carbocycles. The van der Waals surface area contributed by atoms with Gasteiger partial charge in [0.1, 0.15) is 0 Å². The Labute approximate surface area is 80.4 Å². The Kier molecular flexibility index (Phi) is 6.19. The third-order valence-electron chi connectivity index (χ3n) is 1.91. The fourth-order valence-electron chi connectivity index (χ4n) is 1.21. The lowest BCUT2D eigenvalue weighted by Crippen LogP contribution is -2.39. The summed E-state index contributed by atoms with van der Waals surface area (Å²) in [6, 6.07) is 0. The van der Waals surface area contributed by atoms with E-state index in [1.807, 2.05) is 0 Å². The van der Waals surface area contributed by atoms with Crippen molar-refractivity contribution in [3.63, 3.8) is 0 Å². The minimum atomic E-state index is 0. The Balaban J connectivity index is -0.000000180. The van der Waals surface area contributed by atoms with Crippen LogP contribution in [-0.4, -0.2) is 52.4 Å². The molecule has 1 saturated heterocycles. The van der Waals surface area contributed by atoms with E-state index in [1.165, 1.54) is 0 Å². The smallest absolute Gasteiger partial charge is 0.00772 e. The molecule has 1 fully saturated rings. The van der Waals surface area contributed by atoms with E-state index in [0.717, 1.165) is 52.4 Å². The van der Waals surface area contributed by atoms with Gasteiger partial charge in [-0.25, -0.2) is 0 Å². The molecule has 0 bridgehead atoms. The second kappa shape index (κ2) is 7.49. The maximum absolute atomic E-state index is 3.36.